The average Bonchev–Trinajstić information content (AvgIpc) is 1.86. The highest BCUT2D eigenvalue weighted by Crippen LogP contribution is 2.30. The zero-order valence-electron chi connectivity index (χ0n) is 5.81. The predicted molar refractivity (Wildman–Crippen MR) is 34.0 cm³/mol. The molecule has 0 aliphatic carbocycles. The molecule has 4 heteroatoms. The van der Waals surface area contributed by atoms with Crippen LogP contribution >= 0.6 is 0 Å². The number of hydrogen-bond acceptors (Lipinski definition) is 1. The molecule has 0 aliphatic rings. The molecule has 0 N–H and O–H groups in total. The van der Waals surface area contributed by atoms with Gasteiger partial charge in [-0.3, -0.25) is 4.98 Å². The summed E-state index contributed by atoms with van der Waals surface area (Å²) in [6.45, 7) is 1.34. The fraction of sp³-hybridized carbons (Fsp3) is 0.286. The smallest absolute Gasteiger partial charge is 0.261 e. The molecular formula is C7H6F3N. The van der Waals surface area contributed by atoms with Crippen molar-refractivity contribution in [2.45, 2.75) is 13.1 Å². The first-order valence-corrected chi connectivity index (χ1v) is 3.00. The van der Waals surface area contributed by atoms with Crippen LogP contribution in [0.5, 0.6) is 0 Å². The Hall–Kier alpha value is -1.06. The summed E-state index contributed by atoms with van der Waals surface area (Å²) in [7, 11) is 0. The number of halogens is 3. The van der Waals surface area contributed by atoms with Crippen molar-refractivity contribution in [3.63, 3.8) is 0 Å². The Morgan fingerprint density at radius 2 is 2.00 bits per heavy atom. The highest BCUT2D eigenvalue weighted by atomic mass is 19.4. The third kappa shape index (κ3) is 1.69. The minimum absolute atomic E-state index is 0.0139. The monoisotopic (exact) mass is 161 g/mol. The van der Waals surface area contributed by atoms with Gasteiger partial charge in [0.05, 0.1) is 5.56 Å². The summed E-state index contributed by atoms with van der Waals surface area (Å²) >= 11 is 0. The van der Waals surface area contributed by atoms with E-state index in [2.05, 4.69) is 4.98 Å². The van der Waals surface area contributed by atoms with Crippen LogP contribution in [-0.2, 0) is 6.18 Å². The van der Waals surface area contributed by atoms with Crippen LogP contribution in [-0.4, -0.2) is 4.98 Å². The fourth-order valence-corrected chi connectivity index (χ4v) is 0.784. The molecule has 0 radical (unpaired) electrons. The summed E-state index contributed by atoms with van der Waals surface area (Å²) in [6, 6.07) is 2.29. The van der Waals surface area contributed by atoms with Gasteiger partial charge in [-0.2, -0.15) is 13.2 Å². The van der Waals surface area contributed by atoms with Gasteiger partial charge in [0.25, 0.3) is 0 Å². The molecule has 11 heavy (non-hydrogen) atoms. The number of nitrogens with zero attached hydrogens (tertiary/aromatic N) is 1. The summed E-state index contributed by atoms with van der Waals surface area (Å²) in [5, 5.41) is 0. The molecule has 0 fully saturated rings. The van der Waals surface area contributed by atoms with E-state index in [0.29, 0.717) is 0 Å². The first-order valence-electron chi connectivity index (χ1n) is 3.00. The van der Waals surface area contributed by atoms with Gasteiger partial charge >= 0.3 is 6.18 Å². The molecule has 1 nitrogen and oxygen atoms in total. The van der Waals surface area contributed by atoms with Crippen molar-refractivity contribution >= 4 is 0 Å². The number of aryl methyl sites for hydroxylation is 1. The molecule has 0 aromatic carbocycles. The van der Waals surface area contributed by atoms with Crippen LogP contribution in [0.4, 0.5) is 13.2 Å². The van der Waals surface area contributed by atoms with Gasteiger partial charge in [0, 0.05) is 11.9 Å². The normalized spacial score (nSPS) is 11.6. The standard InChI is InChI=1S/C7H6F3N/c1-5-6(7(8,9)10)3-2-4-11-5/h2-4H,1H3. The molecule has 1 aromatic rings. The van der Waals surface area contributed by atoms with Crippen LogP contribution in [0.2, 0.25) is 0 Å². The maximum absolute atomic E-state index is 12.0. The second kappa shape index (κ2) is 2.53. The SMILES string of the molecule is Cc1ncccc1C(F)(F)F. The molecule has 1 heterocycles. The van der Waals surface area contributed by atoms with E-state index >= 15 is 0 Å². The van der Waals surface area contributed by atoms with Crippen molar-refractivity contribution < 1.29 is 13.2 Å². The van der Waals surface area contributed by atoms with Crippen LogP contribution in [0, 0.1) is 6.92 Å². The van der Waals surface area contributed by atoms with E-state index < -0.39 is 11.7 Å². The van der Waals surface area contributed by atoms with Crippen molar-refractivity contribution in [2.75, 3.05) is 0 Å². The molecule has 60 valence electrons. The maximum atomic E-state index is 12.0. The molecule has 0 saturated heterocycles. The van der Waals surface area contributed by atoms with Gasteiger partial charge in [-0.25, -0.2) is 0 Å². The Bertz CT molecular complexity index is 254. The Morgan fingerprint density at radius 1 is 1.36 bits per heavy atom. The summed E-state index contributed by atoms with van der Waals surface area (Å²) in [6.07, 6.45) is -2.94. The van der Waals surface area contributed by atoms with Gasteiger partial charge in [0.15, 0.2) is 0 Å². The van der Waals surface area contributed by atoms with Gasteiger partial charge in [-0.1, -0.05) is 0 Å². The van der Waals surface area contributed by atoms with E-state index in [4.69, 9.17) is 0 Å². The Balaban J connectivity index is 3.14. The Morgan fingerprint density at radius 3 is 2.36 bits per heavy atom. The number of aromatic nitrogens is 1. The van der Waals surface area contributed by atoms with E-state index in [1.54, 1.807) is 0 Å². The molecule has 0 saturated carbocycles. The lowest BCUT2D eigenvalue weighted by molar-refractivity contribution is -0.138. The largest absolute Gasteiger partial charge is 0.418 e. The van der Waals surface area contributed by atoms with Crippen LogP contribution < -0.4 is 0 Å². The number of alkyl halides is 3. The molecule has 1 aromatic heterocycles. The van der Waals surface area contributed by atoms with Crippen LogP contribution in [0.1, 0.15) is 11.3 Å². The average molecular weight is 161 g/mol. The molecular weight excluding hydrogens is 155 g/mol. The van der Waals surface area contributed by atoms with Gasteiger partial charge in [0.2, 0.25) is 0 Å². The topological polar surface area (TPSA) is 12.9 Å². The van der Waals surface area contributed by atoms with Gasteiger partial charge in [-0.05, 0) is 19.1 Å². The predicted octanol–water partition coefficient (Wildman–Crippen LogP) is 2.41. The second-order valence-corrected chi connectivity index (χ2v) is 2.13. The highest BCUT2D eigenvalue weighted by molar-refractivity contribution is 5.21. The first kappa shape index (κ1) is 8.04. The van der Waals surface area contributed by atoms with Gasteiger partial charge in [0.1, 0.15) is 0 Å². The first-order chi connectivity index (χ1) is 5.02. The number of pyridine rings is 1. The van der Waals surface area contributed by atoms with Crippen molar-refractivity contribution in [1.82, 2.24) is 4.98 Å². The minimum atomic E-state index is -4.28. The van der Waals surface area contributed by atoms with Crippen LogP contribution in [0.15, 0.2) is 18.3 Å². The third-order valence-corrected chi connectivity index (χ3v) is 1.31. The zero-order chi connectivity index (χ0) is 8.48. The molecule has 0 aliphatic heterocycles. The highest BCUT2D eigenvalue weighted by Gasteiger charge is 2.32. The molecule has 0 spiro atoms. The van der Waals surface area contributed by atoms with Gasteiger partial charge < -0.3 is 0 Å². The van der Waals surface area contributed by atoms with Crippen molar-refractivity contribution in [3.8, 4) is 0 Å². The van der Waals surface area contributed by atoms with Crippen molar-refractivity contribution in [3.05, 3.63) is 29.6 Å². The molecule has 0 amide bonds. The minimum Gasteiger partial charge on any atom is -0.261 e. The third-order valence-electron chi connectivity index (χ3n) is 1.31. The molecule has 1 rings (SSSR count). The van der Waals surface area contributed by atoms with Gasteiger partial charge in [-0.15, -0.1) is 0 Å². The van der Waals surface area contributed by atoms with E-state index in [9.17, 15) is 13.2 Å². The lowest BCUT2D eigenvalue weighted by Gasteiger charge is -2.07. The lowest BCUT2D eigenvalue weighted by Crippen LogP contribution is -2.07. The quantitative estimate of drug-likeness (QED) is 0.569. The van der Waals surface area contributed by atoms with E-state index in [1.165, 1.54) is 19.2 Å². The Kier molecular flexibility index (Phi) is 1.85. The zero-order valence-corrected chi connectivity index (χ0v) is 5.81. The lowest BCUT2D eigenvalue weighted by atomic mass is 10.2. The van der Waals surface area contributed by atoms with Crippen LogP contribution in [0.25, 0.3) is 0 Å². The fourth-order valence-electron chi connectivity index (χ4n) is 0.784. The van der Waals surface area contributed by atoms with Crippen molar-refractivity contribution in [1.29, 1.82) is 0 Å². The number of rotatable bonds is 0. The summed E-state index contributed by atoms with van der Waals surface area (Å²) in [4.78, 5) is 3.53. The summed E-state index contributed by atoms with van der Waals surface area (Å²) in [5.74, 6) is 0. The molecule has 0 bridgehead atoms. The van der Waals surface area contributed by atoms with E-state index in [1.807, 2.05) is 0 Å². The van der Waals surface area contributed by atoms with E-state index in [-0.39, 0.29) is 5.69 Å². The summed E-state index contributed by atoms with van der Waals surface area (Å²) in [5.41, 5.74) is -0.653. The van der Waals surface area contributed by atoms with Crippen molar-refractivity contribution in [2.24, 2.45) is 0 Å². The molecule has 0 atom stereocenters. The molecule has 0 unspecified atom stereocenters. The second-order valence-electron chi connectivity index (χ2n) is 2.13. The van der Waals surface area contributed by atoms with E-state index in [0.717, 1.165) is 6.07 Å². The maximum Gasteiger partial charge on any atom is 0.418 e. The number of hydrogen-bond donors (Lipinski definition) is 0. The summed E-state index contributed by atoms with van der Waals surface area (Å²) < 4.78 is 36.0. The Labute approximate surface area is 61.9 Å². The van der Waals surface area contributed by atoms with Crippen LogP contribution in [0.3, 0.4) is 0 Å².